The van der Waals surface area contributed by atoms with Crippen LogP contribution in [0, 0.1) is 11.7 Å². The Bertz CT molecular complexity index is 379. The van der Waals surface area contributed by atoms with Gasteiger partial charge in [0.25, 0.3) is 0 Å². The molecule has 2 rings (SSSR count). The Balaban J connectivity index is 0.00000162. The van der Waals surface area contributed by atoms with Crippen molar-refractivity contribution in [2.24, 2.45) is 11.7 Å². The Morgan fingerprint density at radius 2 is 2.00 bits per heavy atom. The van der Waals surface area contributed by atoms with E-state index in [9.17, 15) is 4.39 Å². The second kappa shape index (κ2) is 7.29. The summed E-state index contributed by atoms with van der Waals surface area (Å²) in [6.45, 7) is 3.77. The highest BCUT2D eigenvalue weighted by Gasteiger charge is 2.18. The van der Waals surface area contributed by atoms with Gasteiger partial charge in [0.15, 0.2) is 0 Å². The molecule has 1 aromatic rings. The second-order valence-corrected chi connectivity index (χ2v) is 5.11. The maximum absolute atomic E-state index is 13.0. The van der Waals surface area contributed by atoms with Crippen LogP contribution in [0.2, 0.25) is 5.02 Å². The molecule has 2 N–H and O–H groups in total. The van der Waals surface area contributed by atoms with E-state index in [1.54, 1.807) is 12.1 Å². The summed E-state index contributed by atoms with van der Waals surface area (Å²) in [4.78, 5) is 2.37. The molecule has 0 bridgehead atoms. The number of nitrogens with zero attached hydrogens (tertiary/aromatic N) is 1. The third-order valence-electron chi connectivity index (χ3n) is 3.43. The molecule has 102 valence electrons. The Morgan fingerprint density at radius 1 is 1.33 bits per heavy atom. The topological polar surface area (TPSA) is 29.3 Å². The highest BCUT2D eigenvalue weighted by Crippen LogP contribution is 2.20. The predicted octanol–water partition coefficient (Wildman–Crippen LogP) is 3.07. The zero-order valence-corrected chi connectivity index (χ0v) is 11.8. The van der Waals surface area contributed by atoms with Crippen molar-refractivity contribution in [1.29, 1.82) is 0 Å². The maximum Gasteiger partial charge on any atom is 0.141 e. The Morgan fingerprint density at radius 3 is 2.56 bits per heavy atom. The number of rotatable bonds is 3. The van der Waals surface area contributed by atoms with Crippen molar-refractivity contribution in [3.63, 3.8) is 0 Å². The Kier molecular flexibility index (Phi) is 6.36. The Hall–Kier alpha value is -0.350. The molecule has 5 heteroatoms. The molecule has 0 unspecified atom stereocenters. The van der Waals surface area contributed by atoms with E-state index in [0.29, 0.717) is 5.92 Å². The number of likely N-dealkylation sites (tertiary alicyclic amines) is 1. The molecule has 0 aliphatic carbocycles. The second-order valence-electron chi connectivity index (χ2n) is 4.70. The number of halogens is 3. The average Bonchev–Trinajstić information content (AvgIpc) is 2.35. The lowest BCUT2D eigenvalue weighted by atomic mass is 9.97. The van der Waals surface area contributed by atoms with Crippen molar-refractivity contribution >= 4 is 24.0 Å². The Labute approximate surface area is 119 Å². The molecule has 0 aromatic heterocycles. The fourth-order valence-electron chi connectivity index (χ4n) is 2.28. The minimum atomic E-state index is -0.350. The fraction of sp³-hybridized carbons (Fsp3) is 0.538. The van der Waals surface area contributed by atoms with Crippen LogP contribution in [0.4, 0.5) is 4.39 Å². The normalized spacial score (nSPS) is 17.5. The van der Waals surface area contributed by atoms with Crippen LogP contribution in [0.5, 0.6) is 0 Å². The molecule has 1 heterocycles. The molecule has 0 saturated carbocycles. The minimum absolute atomic E-state index is 0. The van der Waals surface area contributed by atoms with Crippen LogP contribution < -0.4 is 5.73 Å². The standard InChI is InChI=1S/C13H18ClFN2.ClH/c14-12-7-11(1-2-13(12)15)9-17-5-3-10(8-16)4-6-17;/h1-2,7,10H,3-6,8-9,16H2;1H. The summed E-state index contributed by atoms with van der Waals surface area (Å²) in [5, 5.41) is 0.208. The predicted molar refractivity (Wildman–Crippen MR) is 75.7 cm³/mol. The molecule has 18 heavy (non-hydrogen) atoms. The lowest BCUT2D eigenvalue weighted by Gasteiger charge is -2.31. The van der Waals surface area contributed by atoms with Crippen molar-refractivity contribution in [2.45, 2.75) is 19.4 Å². The van der Waals surface area contributed by atoms with E-state index < -0.39 is 0 Å². The minimum Gasteiger partial charge on any atom is -0.330 e. The van der Waals surface area contributed by atoms with Gasteiger partial charge in [-0.25, -0.2) is 4.39 Å². The van der Waals surface area contributed by atoms with E-state index >= 15 is 0 Å². The molecule has 0 radical (unpaired) electrons. The van der Waals surface area contributed by atoms with E-state index in [4.69, 9.17) is 17.3 Å². The zero-order chi connectivity index (χ0) is 12.3. The molecule has 1 aliphatic heterocycles. The number of hydrogen-bond donors (Lipinski definition) is 1. The van der Waals surface area contributed by atoms with Gasteiger partial charge in [-0.15, -0.1) is 12.4 Å². The van der Waals surface area contributed by atoms with E-state index in [2.05, 4.69) is 4.90 Å². The molecule has 1 saturated heterocycles. The van der Waals surface area contributed by atoms with E-state index in [0.717, 1.165) is 44.6 Å². The van der Waals surface area contributed by atoms with Gasteiger partial charge < -0.3 is 5.73 Å². The maximum atomic E-state index is 13.0. The van der Waals surface area contributed by atoms with Crippen LogP contribution in [-0.2, 0) is 6.54 Å². The van der Waals surface area contributed by atoms with E-state index in [1.165, 1.54) is 6.07 Å². The largest absolute Gasteiger partial charge is 0.330 e. The third-order valence-corrected chi connectivity index (χ3v) is 3.72. The monoisotopic (exact) mass is 292 g/mol. The zero-order valence-electron chi connectivity index (χ0n) is 10.2. The molecular weight excluding hydrogens is 274 g/mol. The first-order valence-electron chi connectivity index (χ1n) is 6.05. The summed E-state index contributed by atoms with van der Waals surface area (Å²) in [6.07, 6.45) is 2.32. The summed E-state index contributed by atoms with van der Waals surface area (Å²) in [7, 11) is 0. The van der Waals surface area contributed by atoms with Crippen LogP contribution in [0.15, 0.2) is 18.2 Å². The average molecular weight is 293 g/mol. The molecule has 1 aromatic carbocycles. The van der Waals surface area contributed by atoms with Crippen molar-refractivity contribution in [2.75, 3.05) is 19.6 Å². The van der Waals surface area contributed by atoms with Crippen LogP contribution in [0.1, 0.15) is 18.4 Å². The first kappa shape index (κ1) is 15.7. The SMILES string of the molecule is Cl.NCC1CCN(Cc2ccc(F)c(Cl)c2)CC1. The number of piperidine rings is 1. The van der Waals surface area contributed by atoms with Gasteiger partial charge in [-0.1, -0.05) is 17.7 Å². The molecular formula is C13H19Cl2FN2. The first-order valence-corrected chi connectivity index (χ1v) is 6.43. The quantitative estimate of drug-likeness (QED) is 0.928. The number of benzene rings is 1. The van der Waals surface area contributed by atoms with Gasteiger partial charge in [0.1, 0.15) is 5.82 Å². The number of nitrogens with two attached hydrogens (primary N) is 1. The van der Waals surface area contributed by atoms with Crippen molar-refractivity contribution in [3.05, 3.63) is 34.6 Å². The summed E-state index contributed by atoms with van der Waals surface area (Å²) >= 11 is 5.77. The van der Waals surface area contributed by atoms with Gasteiger partial charge in [0.05, 0.1) is 5.02 Å². The van der Waals surface area contributed by atoms with Crippen molar-refractivity contribution in [3.8, 4) is 0 Å². The summed E-state index contributed by atoms with van der Waals surface area (Å²) in [6, 6.07) is 4.95. The molecule has 1 fully saturated rings. The van der Waals surface area contributed by atoms with E-state index in [1.807, 2.05) is 0 Å². The smallest absolute Gasteiger partial charge is 0.141 e. The summed E-state index contributed by atoms with van der Waals surface area (Å²) in [5.74, 6) is 0.320. The highest BCUT2D eigenvalue weighted by atomic mass is 35.5. The van der Waals surface area contributed by atoms with Crippen molar-refractivity contribution in [1.82, 2.24) is 4.90 Å². The lowest BCUT2D eigenvalue weighted by Crippen LogP contribution is -2.35. The third kappa shape index (κ3) is 4.09. The van der Waals surface area contributed by atoms with Crippen LogP contribution in [0.25, 0.3) is 0 Å². The number of hydrogen-bond acceptors (Lipinski definition) is 2. The van der Waals surface area contributed by atoms with Gasteiger partial charge in [-0.05, 0) is 56.1 Å². The molecule has 0 amide bonds. The molecule has 1 aliphatic rings. The van der Waals surface area contributed by atoms with Crippen LogP contribution in [0.3, 0.4) is 0 Å². The molecule has 0 spiro atoms. The van der Waals surface area contributed by atoms with Gasteiger partial charge in [0.2, 0.25) is 0 Å². The van der Waals surface area contributed by atoms with Crippen molar-refractivity contribution < 1.29 is 4.39 Å². The van der Waals surface area contributed by atoms with Gasteiger partial charge in [-0.2, -0.15) is 0 Å². The van der Waals surface area contributed by atoms with Gasteiger partial charge in [0, 0.05) is 6.54 Å². The molecule has 2 nitrogen and oxygen atoms in total. The van der Waals surface area contributed by atoms with Gasteiger partial charge >= 0.3 is 0 Å². The van der Waals surface area contributed by atoms with Crippen LogP contribution >= 0.6 is 24.0 Å². The summed E-state index contributed by atoms with van der Waals surface area (Å²) < 4.78 is 13.0. The molecule has 0 atom stereocenters. The van der Waals surface area contributed by atoms with E-state index in [-0.39, 0.29) is 23.2 Å². The van der Waals surface area contributed by atoms with Crippen LogP contribution in [-0.4, -0.2) is 24.5 Å². The summed E-state index contributed by atoms with van der Waals surface area (Å²) in [5.41, 5.74) is 6.73. The lowest BCUT2D eigenvalue weighted by molar-refractivity contribution is 0.180. The first-order chi connectivity index (χ1) is 8.19. The van der Waals surface area contributed by atoms with Gasteiger partial charge in [-0.3, -0.25) is 4.90 Å². The fourth-order valence-corrected chi connectivity index (χ4v) is 2.48. The highest BCUT2D eigenvalue weighted by molar-refractivity contribution is 6.30.